The Bertz CT molecular complexity index is 2080. The van der Waals surface area contributed by atoms with Crippen molar-refractivity contribution in [2.45, 2.75) is 491 Å². The summed E-state index contributed by atoms with van der Waals surface area (Å²) in [7, 11) is -9.93. The van der Waals surface area contributed by atoms with Crippen molar-refractivity contribution in [1.82, 2.24) is 0 Å². The van der Waals surface area contributed by atoms with E-state index in [1.807, 2.05) is 0 Å². The van der Waals surface area contributed by atoms with E-state index in [0.717, 1.165) is 108 Å². The zero-order chi connectivity index (χ0) is 79.3. The molecule has 0 aliphatic rings. The number of phosphoric acid groups is 2. The maximum absolute atomic E-state index is 13.2. The average molecular weight is 1580 g/mol. The lowest BCUT2D eigenvalue weighted by molar-refractivity contribution is -0.161. The highest BCUT2D eigenvalue weighted by atomic mass is 31.2. The molecule has 0 bridgehead atoms. The number of carbonyl (C=O) groups is 4. The van der Waals surface area contributed by atoms with Crippen LogP contribution in [0, 0.1) is 17.8 Å². The molecule has 19 heteroatoms. The molecule has 0 aliphatic carbocycles. The summed E-state index contributed by atoms with van der Waals surface area (Å²) in [6.45, 7) is 12.0. The van der Waals surface area contributed by atoms with Crippen LogP contribution < -0.4 is 0 Å². The summed E-state index contributed by atoms with van der Waals surface area (Å²) in [4.78, 5) is 73.3. The van der Waals surface area contributed by atoms with Crippen molar-refractivity contribution in [3.05, 3.63) is 0 Å². The summed E-state index contributed by atoms with van der Waals surface area (Å²) in [5.74, 6) is 0.297. The van der Waals surface area contributed by atoms with Crippen LogP contribution in [0.25, 0.3) is 0 Å². The van der Waals surface area contributed by atoms with E-state index in [1.165, 1.54) is 283 Å². The van der Waals surface area contributed by atoms with E-state index in [-0.39, 0.29) is 25.7 Å². The Morgan fingerprint density at radius 1 is 0.269 bits per heavy atom. The van der Waals surface area contributed by atoms with E-state index < -0.39 is 97.5 Å². The predicted molar refractivity (Wildman–Crippen MR) is 446 cm³/mol. The number of carbonyl (C=O) groups excluding carboxylic acids is 4. The molecule has 642 valence electrons. The molecule has 0 aromatic rings. The largest absolute Gasteiger partial charge is 0.472 e. The van der Waals surface area contributed by atoms with Crippen LogP contribution in [0.15, 0.2) is 0 Å². The summed E-state index contributed by atoms with van der Waals surface area (Å²) in [6, 6.07) is 0. The van der Waals surface area contributed by atoms with E-state index in [2.05, 4.69) is 48.5 Å². The Labute approximate surface area is 664 Å². The van der Waals surface area contributed by atoms with Crippen LogP contribution in [-0.2, 0) is 65.4 Å². The summed E-state index contributed by atoms with van der Waals surface area (Å²) in [6.07, 6.45) is 70.9. The van der Waals surface area contributed by atoms with Gasteiger partial charge < -0.3 is 33.8 Å². The molecule has 0 saturated carbocycles. The maximum Gasteiger partial charge on any atom is 0.472 e. The normalized spacial score (nSPS) is 14.3. The SMILES string of the molecule is CCCCCCCCCCCCCCCCCCCCCCCC(=O)OC[C@H](COP(=O)(O)OC[C@@H](O)COP(=O)(O)OC[C@@H](COC(=O)CCCCCCCCCCC(C)C)OC(=O)CCCCCCCCCCCCC(C)CC)OC(=O)CCCCCCCCCCCCCCCCCCCCC(C)CC. The van der Waals surface area contributed by atoms with E-state index in [1.54, 1.807) is 0 Å². The van der Waals surface area contributed by atoms with Crippen molar-refractivity contribution in [3.8, 4) is 0 Å². The zero-order valence-electron chi connectivity index (χ0n) is 71.3. The highest BCUT2D eigenvalue weighted by Crippen LogP contribution is 2.45. The van der Waals surface area contributed by atoms with Gasteiger partial charge in [-0.1, -0.05) is 421 Å². The van der Waals surface area contributed by atoms with Crippen molar-refractivity contribution in [1.29, 1.82) is 0 Å². The second-order valence-corrected chi connectivity index (χ2v) is 35.9. The number of hydrogen-bond acceptors (Lipinski definition) is 15. The third-order valence-electron chi connectivity index (χ3n) is 21.6. The van der Waals surface area contributed by atoms with Crippen LogP contribution in [-0.4, -0.2) is 96.7 Å². The number of rotatable bonds is 87. The Kier molecular flexibility index (Phi) is 77.5. The number of unbranched alkanes of at least 4 members (excludes halogenated alkanes) is 53. The molecule has 7 atom stereocenters. The van der Waals surface area contributed by atoms with Crippen LogP contribution in [0.5, 0.6) is 0 Å². The minimum Gasteiger partial charge on any atom is -0.462 e. The van der Waals surface area contributed by atoms with Gasteiger partial charge in [-0.05, 0) is 43.4 Å². The molecule has 4 unspecified atom stereocenters. The smallest absolute Gasteiger partial charge is 0.462 e. The molecule has 17 nitrogen and oxygen atoms in total. The standard InChI is InChI=1S/C89H174O17P2/c1-8-11-12-13-14-15-16-17-18-19-20-21-22-26-29-32-35-41-49-56-63-70-86(91)99-76-84(105-88(93)72-65-58-51-42-36-33-30-27-24-23-25-28-31-34-39-47-54-61-68-81(6)9-2)78-103-107(95,96)101-74-83(90)75-102-108(97,98)104-79-85(77-100-87(92)71-64-57-50-45-44-46-53-60-67-80(4)5)106-89(94)73-66-59-52-43-38-37-40-48-55-62-69-82(7)10-3/h80-85,90H,8-79H2,1-7H3,(H,95,96)(H,97,98)/t81?,82?,83-,84-,85-/m1/s1. The average Bonchev–Trinajstić information content (AvgIpc) is 0.900. The quantitative estimate of drug-likeness (QED) is 0.0222. The fourth-order valence-electron chi connectivity index (χ4n) is 13.8. The lowest BCUT2D eigenvalue weighted by atomic mass is 9.99. The van der Waals surface area contributed by atoms with E-state index in [9.17, 15) is 43.2 Å². The zero-order valence-corrected chi connectivity index (χ0v) is 73.1. The Hall–Kier alpha value is -1.94. The lowest BCUT2D eigenvalue weighted by Crippen LogP contribution is -2.30. The Morgan fingerprint density at radius 3 is 0.704 bits per heavy atom. The first kappa shape index (κ1) is 106. The molecule has 0 heterocycles. The Balaban J connectivity index is 5.23. The van der Waals surface area contributed by atoms with Crippen molar-refractivity contribution in [2.24, 2.45) is 17.8 Å². The molecule has 3 N–H and O–H groups in total. The minimum atomic E-state index is -4.97. The van der Waals surface area contributed by atoms with Gasteiger partial charge in [-0.15, -0.1) is 0 Å². The van der Waals surface area contributed by atoms with E-state index in [0.29, 0.717) is 25.7 Å². The van der Waals surface area contributed by atoms with Gasteiger partial charge in [-0.2, -0.15) is 0 Å². The molecular formula is C89H174O17P2. The molecular weight excluding hydrogens is 1400 g/mol. The monoisotopic (exact) mass is 1580 g/mol. The highest BCUT2D eigenvalue weighted by molar-refractivity contribution is 7.47. The summed E-state index contributed by atoms with van der Waals surface area (Å²) < 4.78 is 69.0. The lowest BCUT2D eigenvalue weighted by Gasteiger charge is -2.21. The first-order valence-corrected chi connectivity index (χ1v) is 48.9. The fourth-order valence-corrected chi connectivity index (χ4v) is 15.4. The Morgan fingerprint density at radius 2 is 0.472 bits per heavy atom. The van der Waals surface area contributed by atoms with Crippen LogP contribution in [0.4, 0.5) is 0 Å². The molecule has 0 aromatic heterocycles. The first-order chi connectivity index (χ1) is 52.3. The van der Waals surface area contributed by atoms with Gasteiger partial charge in [0.15, 0.2) is 12.2 Å². The van der Waals surface area contributed by atoms with Gasteiger partial charge in [0.2, 0.25) is 0 Å². The summed E-state index contributed by atoms with van der Waals surface area (Å²) in [5, 5.41) is 10.7. The van der Waals surface area contributed by atoms with Gasteiger partial charge in [0, 0.05) is 25.7 Å². The van der Waals surface area contributed by atoms with Crippen molar-refractivity contribution in [3.63, 3.8) is 0 Å². The number of esters is 4. The first-order valence-electron chi connectivity index (χ1n) is 45.9. The fraction of sp³-hybridized carbons (Fsp3) is 0.955. The number of hydrogen-bond donors (Lipinski definition) is 3. The van der Waals surface area contributed by atoms with Crippen LogP contribution in [0.3, 0.4) is 0 Å². The molecule has 0 saturated heterocycles. The summed E-state index contributed by atoms with van der Waals surface area (Å²) in [5.41, 5.74) is 0. The molecule has 0 radical (unpaired) electrons. The van der Waals surface area contributed by atoms with Crippen molar-refractivity contribution < 1.29 is 80.2 Å². The third-order valence-corrected chi connectivity index (χ3v) is 23.5. The topological polar surface area (TPSA) is 237 Å². The van der Waals surface area contributed by atoms with Crippen molar-refractivity contribution >= 4 is 39.5 Å². The summed E-state index contributed by atoms with van der Waals surface area (Å²) >= 11 is 0. The van der Waals surface area contributed by atoms with Crippen LogP contribution >= 0.6 is 15.6 Å². The van der Waals surface area contributed by atoms with Gasteiger partial charge in [-0.3, -0.25) is 37.3 Å². The van der Waals surface area contributed by atoms with E-state index in [4.69, 9.17) is 37.0 Å². The number of aliphatic hydroxyl groups is 1. The van der Waals surface area contributed by atoms with Crippen molar-refractivity contribution in [2.75, 3.05) is 39.6 Å². The number of phosphoric ester groups is 2. The number of aliphatic hydroxyl groups excluding tert-OH is 1. The second kappa shape index (κ2) is 78.9. The molecule has 0 amide bonds. The van der Waals surface area contributed by atoms with Crippen LogP contribution in [0.2, 0.25) is 0 Å². The molecule has 0 fully saturated rings. The number of ether oxygens (including phenoxy) is 4. The van der Waals surface area contributed by atoms with Gasteiger partial charge in [0.05, 0.1) is 26.4 Å². The molecule has 0 rings (SSSR count). The van der Waals surface area contributed by atoms with Crippen LogP contribution in [0.1, 0.15) is 472 Å². The molecule has 0 aromatic carbocycles. The maximum atomic E-state index is 13.2. The van der Waals surface area contributed by atoms with E-state index >= 15 is 0 Å². The molecule has 0 spiro atoms. The predicted octanol–water partition coefficient (Wildman–Crippen LogP) is 27.3. The molecule has 0 aliphatic heterocycles. The van der Waals surface area contributed by atoms with Gasteiger partial charge in [-0.25, -0.2) is 9.13 Å². The van der Waals surface area contributed by atoms with Gasteiger partial charge in [0.1, 0.15) is 19.3 Å². The minimum absolute atomic E-state index is 0.106. The molecule has 108 heavy (non-hydrogen) atoms. The third kappa shape index (κ3) is 79.3. The van der Waals surface area contributed by atoms with Gasteiger partial charge >= 0.3 is 39.5 Å². The highest BCUT2D eigenvalue weighted by Gasteiger charge is 2.31. The second-order valence-electron chi connectivity index (χ2n) is 32.9. The van der Waals surface area contributed by atoms with Gasteiger partial charge in [0.25, 0.3) is 0 Å².